The average molecular weight is 352 g/mol. The zero-order valence-corrected chi connectivity index (χ0v) is 15.2. The highest BCUT2D eigenvalue weighted by Crippen LogP contribution is 2.26. The van der Waals surface area contributed by atoms with Gasteiger partial charge in [-0.2, -0.15) is 0 Å². The molecular formula is C21H24N2O3. The number of aryl methyl sites for hydroxylation is 2. The second kappa shape index (κ2) is 8.04. The lowest BCUT2D eigenvalue weighted by molar-refractivity contribution is -0.133. The molecule has 0 bridgehead atoms. The van der Waals surface area contributed by atoms with Crippen LogP contribution in [0.3, 0.4) is 0 Å². The van der Waals surface area contributed by atoms with Crippen molar-refractivity contribution in [2.24, 2.45) is 5.92 Å². The molecule has 0 fully saturated rings. The van der Waals surface area contributed by atoms with Gasteiger partial charge in [-0.1, -0.05) is 32.0 Å². The molecule has 0 saturated carbocycles. The minimum absolute atomic E-state index is 0.363. The number of nitrogens with one attached hydrogen (secondary N) is 2. The Kier molecular flexibility index (Phi) is 5.56. The van der Waals surface area contributed by atoms with Crippen LogP contribution in [0.25, 0.3) is 0 Å². The summed E-state index contributed by atoms with van der Waals surface area (Å²) in [7, 11) is 0. The van der Waals surface area contributed by atoms with E-state index in [1.807, 2.05) is 38.1 Å². The summed E-state index contributed by atoms with van der Waals surface area (Å²) in [6.07, 6.45) is 3.24. The van der Waals surface area contributed by atoms with Crippen LogP contribution in [0.2, 0.25) is 0 Å². The number of carbonyl (C=O) groups excluding carboxylic acids is 2. The number of fused-ring (bicyclic) bond motifs is 1. The molecule has 0 aliphatic heterocycles. The van der Waals surface area contributed by atoms with Gasteiger partial charge < -0.3 is 15.4 Å². The molecule has 0 radical (unpaired) electrons. The van der Waals surface area contributed by atoms with E-state index in [1.165, 1.54) is 11.1 Å². The van der Waals surface area contributed by atoms with Crippen molar-refractivity contribution in [3.05, 3.63) is 53.6 Å². The lowest BCUT2D eigenvalue weighted by Crippen LogP contribution is -2.29. The zero-order valence-electron chi connectivity index (χ0n) is 15.2. The van der Waals surface area contributed by atoms with E-state index in [1.54, 1.807) is 18.2 Å². The number of amides is 2. The van der Waals surface area contributed by atoms with Gasteiger partial charge in [0.15, 0.2) is 0 Å². The fraction of sp³-hybridized carbons (Fsp3) is 0.333. The predicted molar refractivity (Wildman–Crippen MR) is 103 cm³/mol. The second-order valence-corrected chi connectivity index (χ2v) is 6.95. The van der Waals surface area contributed by atoms with Crippen molar-refractivity contribution in [1.29, 1.82) is 0 Å². The van der Waals surface area contributed by atoms with Crippen LogP contribution in [0.1, 0.15) is 31.4 Å². The van der Waals surface area contributed by atoms with Crippen molar-refractivity contribution in [2.75, 3.05) is 17.2 Å². The van der Waals surface area contributed by atoms with Crippen LogP contribution in [0.4, 0.5) is 11.4 Å². The molecule has 0 unspecified atom stereocenters. The molecule has 1 aliphatic rings. The van der Waals surface area contributed by atoms with Crippen molar-refractivity contribution in [2.45, 2.75) is 33.1 Å². The fourth-order valence-electron chi connectivity index (χ4n) is 2.97. The van der Waals surface area contributed by atoms with Crippen LogP contribution in [-0.4, -0.2) is 18.4 Å². The maximum atomic E-state index is 12.3. The molecular weight excluding hydrogens is 328 g/mol. The summed E-state index contributed by atoms with van der Waals surface area (Å²) in [6.45, 7) is 4.63. The van der Waals surface area contributed by atoms with Gasteiger partial charge in [0.2, 0.25) is 0 Å². The Balaban J connectivity index is 1.63. The van der Waals surface area contributed by atoms with Crippen molar-refractivity contribution >= 4 is 23.2 Å². The highest BCUT2D eigenvalue weighted by molar-refractivity contribution is 6.43. The summed E-state index contributed by atoms with van der Waals surface area (Å²) in [5, 5.41) is 5.30. The molecule has 26 heavy (non-hydrogen) atoms. The predicted octanol–water partition coefficient (Wildman–Crippen LogP) is 3.79. The summed E-state index contributed by atoms with van der Waals surface area (Å²) >= 11 is 0. The maximum absolute atomic E-state index is 12.3. The van der Waals surface area contributed by atoms with Crippen molar-refractivity contribution < 1.29 is 14.3 Å². The number of para-hydroxylation sites is 2. The number of hydrogen-bond acceptors (Lipinski definition) is 3. The lowest BCUT2D eigenvalue weighted by atomic mass is 10.1. The summed E-state index contributed by atoms with van der Waals surface area (Å²) in [5.41, 5.74) is 3.71. The third-order valence-corrected chi connectivity index (χ3v) is 4.27. The molecule has 0 aromatic heterocycles. The van der Waals surface area contributed by atoms with Crippen LogP contribution in [0, 0.1) is 5.92 Å². The van der Waals surface area contributed by atoms with Gasteiger partial charge in [-0.15, -0.1) is 0 Å². The number of hydrogen-bond donors (Lipinski definition) is 2. The molecule has 2 amide bonds. The van der Waals surface area contributed by atoms with Gasteiger partial charge in [0.25, 0.3) is 0 Å². The highest BCUT2D eigenvalue weighted by Gasteiger charge is 2.17. The SMILES string of the molecule is CC(C)COc1ccccc1NC(=O)C(=O)Nc1ccc2c(c1)CCC2. The molecule has 0 spiro atoms. The Hall–Kier alpha value is -2.82. The van der Waals surface area contributed by atoms with Crippen LogP contribution < -0.4 is 15.4 Å². The second-order valence-electron chi connectivity index (χ2n) is 6.95. The maximum Gasteiger partial charge on any atom is 0.314 e. The van der Waals surface area contributed by atoms with E-state index in [2.05, 4.69) is 10.6 Å². The normalized spacial score (nSPS) is 12.6. The quantitative estimate of drug-likeness (QED) is 0.805. The van der Waals surface area contributed by atoms with Crippen molar-refractivity contribution in [3.63, 3.8) is 0 Å². The Bertz CT molecular complexity index is 815. The Morgan fingerprint density at radius 1 is 1.00 bits per heavy atom. The third-order valence-electron chi connectivity index (χ3n) is 4.27. The van der Waals surface area contributed by atoms with Gasteiger partial charge in [-0.3, -0.25) is 9.59 Å². The third kappa shape index (κ3) is 4.42. The Labute approximate surface area is 153 Å². The monoisotopic (exact) mass is 352 g/mol. The molecule has 136 valence electrons. The van der Waals surface area contributed by atoms with E-state index in [0.29, 0.717) is 29.6 Å². The molecule has 2 aromatic rings. The summed E-state index contributed by atoms with van der Waals surface area (Å²) in [6, 6.07) is 12.9. The number of anilines is 2. The first-order valence-corrected chi connectivity index (χ1v) is 8.99. The van der Waals surface area contributed by atoms with Gasteiger partial charge >= 0.3 is 11.8 Å². The molecule has 1 aliphatic carbocycles. The van der Waals surface area contributed by atoms with E-state index < -0.39 is 11.8 Å². The smallest absolute Gasteiger partial charge is 0.314 e. The minimum Gasteiger partial charge on any atom is -0.491 e. The standard InChI is InChI=1S/C21H24N2O3/c1-14(2)13-26-19-9-4-3-8-18(19)23-21(25)20(24)22-17-11-10-15-6-5-7-16(15)12-17/h3-4,8-12,14H,5-7,13H2,1-2H3,(H,22,24)(H,23,25). The first-order valence-electron chi connectivity index (χ1n) is 8.99. The topological polar surface area (TPSA) is 67.4 Å². The molecule has 5 nitrogen and oxygen atoms in total. The van der Waals surface area contributed by atoms with E-state index in [9.17, 15) is 9.59 Å². The van der Waals surface area contributed by atoms with Gasteiger partial charge in [0, 0.05) is 5.69 Å². The lowest BCUT2D eigenvalue weighted by Gasteiger charge is -2.14. The summed E-state index contributed by atoms with van der Waals surface area (Å²) in [4.78, 5) is 24.5. The number of benzene rings is 2. The summed E-state index contributed by atoms with van der Waals surface area (Å²) in [5.74, 6) is -0.491. The van der Waals surface area contributed by atoms with Crippen molar-refractivity contribution in [1.82, 2.24) is 0 Å². The van der Waals surface area contributed by atoms with Gasteiger partial charge in [-0.05, 0) is 60.6 Å². The van der Waals surface area contributed by atoms with E-state index in [4.69, 9.17) is 4.74 Å². The highest BCUT2D eigenvalue weighted by atomic mass is 16.5. The minimum atomic E-state index is -0.717. The van der Waals surface area contributed by atoms with Gasteiger partial charge in [0.05, 0.1) is 12.3 Å². The molecule has 3 rings (SSSR count). The molecule has 0 heterocycles. The molecule has 2 aromatic carbocycles. The Morgan fingerprint density at radius 3 is 2.54 bits per heavy atom. The fourth-order valence-corrected chi connectivity index (χ4v) is 2.97. The van der Waals surface area contributed by atoms with Gasteiger partial charge in [-0.25, -0.2) is 0 Å². The first-order chi connectivity index (χ1) is 12.5. The Morgan fingerprint density at radius 2 is 1.73 bits per heavy atom. The van der Waals surface area contributed by atoms with Crippen LogP contribution in [0.5, 0.6) is 5.75 Å². The van der Waals surface area contributed by atoms with Gasteiger partial charge in [0.1, 0.15) is 5.75 Å². The van der Waals surface area contributed by atoms with E-state index >= 15 is 0 Å². The van der Waals surface area contributed by atoms with E-state index in [0.717, 1.165) is 19.3 Å². The van der Waals surface area contributed by atoms with E-state index in [-0.39, 0.29) is 0 Å². The van der Waals surface area contributed by atoms with Crippen molar-refractivity contribution in [3.8, 4) is 5.75 Å². The number of ether oxygens (including phenoxy) is 1. The number of carbonyl (C=O) groups is 2. The van der Waals surface area contributed by atoms with Crippen LogP contribution >= 0.6 is 0 Å². The van der Waals surface area contributed by atoms with Crippen LogP contribution in [0.15, 0.2) is 42.5 Å². The molecule has 0 saturated heterocycles. The first kappa shape index (κ1) is 18.0. The van der Waals surface area contributed by atoms with Crippen LogP contribution in [-0.2, 0) is 22.4 Å². The summed E-state index contributed by atoms with van der Waals surface area (Å²) < 4.78 is 5.70. The molecule has 2 N–H and O–H groups in total. The largest absolute Gasteiger partial charge is 0.491 e. The molecule has 0 atom stereocenters. The zero-order chi connectivity index (χ0) is 18.5. The molecule has 5 heteroatoms. The number of rotatable bonds is 5. The average Bonchev–Trinajstić information content (AvgIpc) is 3.08.